The molecule has 0 heterocycles. The number of ether oxygens (including phenoxy) is 1. The third kappa shape index (κ3) is 7.26. The highest BCUT2D eigenvalue weighted by Crippen LogP contribution is 2.15. The molecule has 54 valence electrons. The molecule has 9 heavy (non-hydrogen) atoms. The molecule has 0 aliphatic carbocycles. The fourth-order valence-corrected chi connectivity index (χ4v) is 0.162. The summed E-state index contributed by atoms with van der Waals surface area (Å²) in [6.45, 7) is -1.24. The molecule has 0 saturated carbocycles. The van der Waals surface area contributed by atoms with E-state index in [-0.39, 0.29) is 12.3 Å². The Hall–Kier alpha value is -0.740. The van der Waals surface area contributed by atoms with E-state index in [0.717, 1.165) is 0 Å². The summed E-state index contributed by atoms with van der Waals surface area (Å²) in [7, 11) is 0. The van der Waals surface area contributed by atoms with Crippen molar-refractivity contribution < 1.29 is 22.3 Å². The molecule has 0 N–H and O–H groups in total. The lowest BCUT2D eigenvalue weighted by molar-refractivity contribution is -0.0820. The molecule has 0 rings (SSSR count). The summed E-state index contributed by atoms with van der Waals surface area (Å²) < 4.78 is 47.8. The molecule has 0 aromatic rings. The van der Waals surface area contributed by atoms with Crippen LogP contribution in [0.4, 0.5) is 17.6 Å². The van der Waals surface area contributed by atoms with Crippen LogP contribution in [0.5, 0.6) is 0 Å². The fourth-order valence-electron chi connectivity index (χ4n) is 0.162. The SMILES string of the molecule is FCO/C=C\C(F)(F)F. The molecule has 0 bridgehead atoms. The third-order valence-electron chi connectivity index (χ3n) is 0.416. The van der Waals surface area contributed by atoms with Gasteiger partial charge in [-0.25, -0.2) is 4.39 Å². The van der Waals surface area contributed by atoms with Crippen LogP contribution in [0.25, 0.3) is 0 Å². The van der Waals surface area contributed by atoms with E-state index in [1.807, 2.05) is 0 Å². The molecule has 0 fully saturated rings. The first-order valence-electron chi connectivity index (χ1n) is 1.98. The van der Waals surface area contributed by atoms with Gasteiger partial charge >= 0.3 is 6.18 Å². The van der Waals surface area contributed by atoms with Crippen molar-refractivity contribution in [2.75, 3.05) is 6.86 Å². The Morgan fingerprint density at radius 1 is 1.33 bits per heavy atom. The molecule has 5 heteroatoms. The predicted octanol–water partition coefficient (Wildman–Crippen LogP) is 2.01. The van der Waals surface area contributed by atoms with Crippen molar-refractivity contribution in [2.24, 2.45) is 0 Å². The van der Waals surface area contributed by atoms with E-state index in [4.69, 9.17) is 0 Å². The molecule has 0 atom stereocenters. The summed E-state index contributed by atoms with van der Waals surface area (Å²) in [6.07, 6.45) is -4.35. The molecule has 0 amide bonds. The van der Waals surface area contributed by atoms with Crippen LogP contribution in [-0.2, 0) is 4.74 Å². The maximum atomic E-state index is 11.1. The molecular formula is C4H4F4O. The van der Waals surface area contributed by atoms with Gasteiger partial charge in [0.25, 0.3) is 0 Å². The maximum absolute atomic E-state index is 11.1. The molecule has 1 nitrogen and oxygen atoms in total. The Kier molecular flexibility index (Phi) is 3.05. The van der Waals surface area contributed by atoms with Gasteiger partial charge in [0.15, 0.2) is 0 Å². The van der Waals surface area contributed by atoms with E-state index in [2.05, 4.69) is 4.74 Å². The van der Waals surface area contributed by atoms with Crippen LogP contribution in [0.3, 0.4) is 0 Å². The Morgan fingerprint density at radius 2 is 1.89 bits per heavy atom. The van der Waals surface area contributed by atoms with Crippen molar-refractivity contribution in [1.29, 1.82) is 0 Å². The second-order valence-corrected chi connectivity index (χ2v) is 1.12. The van der Waals surface area contributed by atoms with Crippen LogP contribution in [0.15, 0.2) is 12.3 Å². The zero-order valence-electron chi connectivity index (χ0n) is 4.28. The second-order valence-electron chi connectivity index (χ2n) is 1.12. The summed E-state index contributed by atoms with van der Waals surface area (Å²) >= 11 is 0. The minimum absolute atomic E-state index is 0.188. The second kappa shape index (κ2) is 3.32. The summed E-state index contributed by atoms with van der Waals surface area (Å²) in [6, 6.07) is 0. The molecule has 0 aliphatic rings. The van der Waals surface area contributed by atoms with Gasteiger partial charge in [-0.15, -0.1) is 0 Å². The van der Waals surface area contributed by atoms with E-state index >= 15 is 0 Å². The topological polar surface area (TPSA) is 9.23 Å². The lowest BCUT2D eigenvalue weighted by Gasteiger charge is -1.95. The predicted molar refractivity (Wildman–Crippen MR) is 22.3 cm³/mol. The van der Waals surface area contributed by atoms with Crippen molar-refractivity contribution in [3.8, 4) is 0 Å². The Bertz CT molecular complexity index is 95.2. The monoisotopic (exact) mass is 144 g/mol. The molecule has 0 aromatic carbocycles. The lowest BCUT2D eigenvalue weighted by atomic mass is 10.6. The molecule has 0 aliphatic heterocycles. The van der Waals surface area contributed by atoms with Gasteiger partial charge in [0.05, 0.1) is 12.3 Å². The lowest BCUT2D eigenvalue weighted by Crippen LogP contribution is -2.00. The first-order chi connectivity index (χ1) is 4.06. The molecule has 0 unspecified atom stereocenters. The first kappa shape index (κ1) is 8.26. The Labute approximate surface area is 48.9 Å². The minimum atomic E-state index is -4.42. The van der Waals surface area contributed by atoms with Crippen LogP contribution in [0, 0.1) is 0 Å². The van der Waals surface area contributed by atoms with Gasteiger partial charge in [-0.2, -0.15) is 13.2 Å². The molecule has 0 saturated heterocycles. The zero-order valence-corrected chi connectivity index (χ0v) is 4.28. The quantitative estimate of drug-likeness (QED) is 0.425. The van der Waals surface area contributed by atoms with Gasteiger partial charge in [0.1, 0.15) is 0 Å². The molecular weight excluding hydrogens is 140 g/mol. The zero-order chi connectivity index (χ0) is 7.33. The number of hydrogen-bond donors (Lipinski definition) is 0. The number of alkyl halides is 4. The number of rotatable bonds is 2. The van der Waals surface area contributed by atoms with Crippen molar-refractivity contribution in [3.05, 3.63) is 12.3 Å². The van der Waals surface area contributed by atoms with Crippen LogP contribution in [-0.4, -0.2) is 13.0 Å². The van der Waals surface area contributed by atoms with Crippen molar-refractivity contribution in [3.63, 3.8) is 0 Å². The third-order valence-corrected chi connectivity index (χ3v) is 0.416. The largest absolute Gasteiger partial charge is 0.471 e. The summed E-state index contributed by atoms with van der Waals surface area (Å²) in [5, 5.41) is 0. The fraction of sp³-hybridized carbons (Fsp3) is 0.500. The summed E-state index contributed by atoms with van der Waals surface area (Å²) in [5.74, 6) is 0. The first-order valence-corrected chi connectivity index (χ1v) is 1.98. The average molecular weight is 144 g/mol. The Morgan fingerprint density at radius 3 is 2.22 bits per heavy atom. The highest BCUT2D eigenvalue weighted by Gasteiger charge is 2.22. The van der Waals surface area contributed by atoms with Crippen molar-refractivity contribution in [2.45, 2.75) is 6.18 Å². The van der Waals surface area contributed by atoms with E-state index < -0.39 is 13.0 Å². The molecule has 0 radical (unpaired) electrons. The normalized spacial score (nSPS) is 12.4. The summed E-state index contributed by atoms with van der Waals surface area (Å²) in [5.41, 5.74) is 0. The van der Waals surface area contributed by atoms with E-state index in [1.165, 1.54) is 0 Å². The number of allylic oxidation sites excluding steroid dienone is 1. The van der Waals surface area contributed by atoms with Gasteiger partial charge < -0.3 is 4.74 Å². The van der Waals surface area contributed by atoms with Crippen molar-refractivity contribution in [1.82, 2.24) is 0 Å². The van der Waals surface area contributed by atoms with Crippen LogP contribution < -0.4 is 0 Å². The van der Waals surface area contributed by atoms with E-state index in [9.17, 15) is 17.6 Å². The number of halogens is 4. The van der Waals surface area contributed by atoms with Crippen molar-refractivity contribution >= 4 is 0 Å². The number of hydrogen-bond acceptors (Lipinski definition) is 1. The summed E-state index contributed by atoms with van der Waals surface area (Å²) in [4.78, 5) is 0. The van der Waals surface area contributed by atoms with Gasteiger partial charge in [-0.05, 0) is 0 Å². The van der Waals surface area contributed by atoms with Gasteiger partial charge in [-0.1, -0.05) is 0 Å². The van der Waals surface area contributed by atoms with Gasteiger partial charge in [-0.3, -0.25) is 0 Å². The standard InChI is InChI=1S/C4H4F4O/c5-3-9-2-1-4(6,7)8/h1-2H,3H2/b2-1-. The molecule has 0 aromatic heterocycles. The van der Waals surface area contributed by atoms with E-state index in [0.29, 0.717) is 0 Å². The van der Waals surface area contributed by atoms with Crippen LogP contribution in [0.2, 0.25) is 0 Å². The smallest absolute Gasteiger partial charge is 0.412 e. The van der Waals surface area contributed by atoms with Gasteiger partial charge in [0, 0.05) is 0 Å². The van der Waals surface area contributed by atoms with Gasteiger partial charge in [0.2, 0.25) is 6.86 Å². The minimum Gasteiger partial charge on any atom is -0.471 e. The van der Waals surface area contributed by atoms with Crippen LogP contribution >= 0.6 is 0 Å². The Balaban J connectivity index is 3.45. The maximum Gasteiger partial charge on any atom is 0.412 e. The molecule has 0 spiro atoms. The van der Waals surface area contributed by atoms with E-state index in [1.54, 1.807) is 0 Å². The highest BCUT2D eigenvalue weighted by molar-refractivity contribution is 4.81. The van der Waals surface area contributed by atoms with Crippen LogP contribution in [0.1, 0.15) is 0 Å². The highest BCUT2D eigenvalue weighted by atomic mass is 19.4. The average Bonchev–Trinajstić information content (AvgIpc) is 1.63.